The summed E-state index contributed by atoms with van der Waals surface area (Å²) in [6.45, 7) is 1.66. The first-order valence-corrected chi connectivity index (χ1v) is 6.01. The second kappa shape index (κ2) is 5.76. The molecule has 2 nitrogen and oxygen atoms in total. The zero-order valence-corrected chi connectivity index (χ0v) is 10.9. The van der Waals surface area contributed by atoms with Gasteiger partial charge in [-0.2, -0.15) is 0 Å². The number of rotatable bonds is 4. The highest BCUT2D eigenvalue weighted by Gasteiger charge is 2.21. The van der Waals surface area contributed by atoms with Crippen LogP contribution < -0.4 is 0 Å². The second-order valence-electron chi connectivity index (χ2n) is 4.35. The van der Waals surface area contributed by atoms with Gasteiger partial charge in [-0.25, -0.2) is 4.39 Å². The van der Waals surface area contributed by atoms with Crippen LogP contribution >= 0.6 is 0 Å². The molecule has 0 N–H and O–H groups in total. The molecule has 1 atom stereocenters. The number of benzene rings is 2. The van der Waals surface area contributed by atoms with Gasteiger partial charge in [0.05, 0.1) is 0 Å². The number of carbonyl (C=O) groups is 1. The molecule has 0 saturated carbocycles. The maximum absolute atomic E-state index is 13.5. The number of methoxy groups -OCH3 is 1. The minimum Gasteiger partial charge on any atom is -0.369 e. The van der Waals surface area contributed by atoms with Gasteiger partial charge < -0.3 is 4.74 Å². The molecule has 0 saturated heterocycles. The topological polar surface area (TPSA) is 26.3 Å². The number of hydrogen-bond donors (Lipinski definition) is 0. The normalized spacial score (nSPS) is 12.2. The zero-order valence-electron chi connectivity index (χ0n) is 10.9. The molecule has 0 heterocycles. The number of aryl methyl sites for hydroxylation is 1. The average Bonchev–Trinajstić information content (AvgIpc) is 2.44. The Balaban J connectivity index is 2.33. The molecule has 2 aromatic rings. The van der Waals surface area contributed by atoms with Crippen LogP contribution in [0.1, 0.15) is 27.6 Å². The van der Waals surface area contributed by atoms with Gasteiger partial charge in [-0.05, 0) is 24.1 Å². The second-order valence-corrected chi connectivity index (χ2v) is 4.35. The van der Waals surface area contributed by atoms with Crippen molar-refractivity contribution in [3.8, 4) is 0 Å². The van der Waals surface area contributed by atoms with Crippen molar-refractivity contribution in [2.24, 2.45) is 0 Å². The lowest BCUT2D eigenvalue weighted by atomic mass is 9.99. The molecule has 98 valence electrons. The van der Waals surface area contributed by atoms with Crippen molar-refractivity contribution in [1.29, 1.82) is 0 Å². The van der Waals surface area contributed by atoms with Crippen molar-refractivity contribution in [2.45, 2.75) is 13.0 Å². The lowest BCUT2D eigenvalue weighted by Crippen LogP contribution is -2.15. The van der Waals surface area contributed by atoms with E-state index < -0.39 is 6.10 Å². The maximum atomic E-state index is 13.5. The molecule has 0 amide bonds. The van der Waals surface area contributed by atoms with E-state index in [1.165, 1.54) is 13.2 Å². The Hall–Kier alpha value is -2.00. The monoisotopic (exact) mass is 258 g/mol. The number of hydrogen-bond acceptors (Lipinski definition) is 2. The fourth-order valence-corrected chi connectivity index (χ4v) is 1.92. The lowest BCUT2D eigenvalue weighted by Gasteiger charge is -2.14. The Kier molecular flexibility index (Phi) is 4.07. The van der Waals surface area contributed by atoms with Gasteiger partial charge in [0.25, 0.3) is 0 Å². The largest absolute Gasteiger partial charge is 0.369 e. The van der Waals surface area contributed by atoms with Crippen molar-refractivity contribution in [3.63, 3.8) is 0 Å². The number of ether oxygens (including phenoxy) is 1. The van der Waals surface area contributed by atoms with Crippen molar-refractivity contribution in [2.75, 3.05) is 7.11 Å². The van der Waals surface area contributed by atoms with E-state index in [0.717, 1.165) is 5.56 Å². The maximum Gasteiger partial charge on any atom is 0.196 e. The first kappa shape index (κ1) is 13.4. The van der Waals surface area contributed by atoms with Crippen LogP contribution in [0.3, 0.4) is 0 Å². The van der Waals surface area contributed by atoms with Gasteiger partial charge in [0.1, 0.15) is 11.9 Å². The molecule has 3 heteroatoms. The molecule has 2 aromatic carbocycles. The molecule has 0 aliphatic rings. The van der Waals surface area contributed by atoms with E-state index in [9.17, 15) is 9.18 Å². The molecule has 0 aromatic heterocycles. The summed E-state index contributed by atoms with van der Waals surface area (Å²) in [7, 11) is 1.47. The molecular weight excluding hydrogens is 243 g/mol. The van der Waals surface area contributed by atoms with Crippen LogP contribution in [0.2, 0.25) is 0 Å². The molecule has 0 aliphatic heterocycles. The van der Waals surface area contributed by atoms with E-state index in [1.54, 1.807) is 19.1 Å². The van der Waals surface area contributed by atoms with Crippen LogP contribution in [0.5, 0.6) is 0 Å². The van der Waals surface area contributed by atoms with E-state index in [0.29, 0.717) is 11.1 Å². The predicted octanol–water partition coefficient (Wildman–Crippen LogP) is 3.70. The lowest BCUT2D eigenvalue weighted by molar-refractivity contribution is 0.0604. The quantitative estimate of drug-likeness (QED) is 0.781. The summed E-state index contributed by atoms with van der Waals surface area (Å²) >= 11 is 0. The van der Waals surface area contributed by atoms with Crippen LogP contribution in [-0.4, -0.2) is 12.9 Å². The van der Waals surface area contributed by atoms with Crippen LogP contribution in [0.15, 0.2) is 48.5 Å². The van der Waals surface area contributed by atoms with Crippen LogP contribution in [-0.2, 0) is 4.74 Å². The summed E-state index contributed by atoms with van der Waals surface area (Å²) in [6, 6.07) is 13.6. The van der Waals surface area contributed by atoms with Gasteiger partial charge in [-0.15, -0.1) is 0 Å². The first-order valence-electron chi connectivity index (χ1n) is 6.01. The standard InChI is InChI=1S/C16H15FO2/c1-11-8-9-13(10-14(11)17)15(18)16(19-2)12-6-4-3-5-7-12/h3-10,16H,1-2H3. The van der Waals surface area contributed by atoms with Gasteiger partial charge >= 0.3 is 0 Å². The van der Waals surface area contributed by atoms with Gasteiger partial charge in [-0.3, -0.25) is 4.79 Å². The number of carbonyl (C=O) groups excluding carboxylic acids is 1. The molecule has 1 unspecified atom stereocenters. The molecule has 0 bridgehead atoms. The van der Waals surface area contributed by atoms with Crippen molar-refractivity contribution in [1.82, 2.24) is 0 Å². The SMILES string of the molecule is COC(C(=O)c1ccc(C)c(F)c1)c1ccccc1. The molecule has 0 radical (unpaired) electrons. The summed E-state index contributed by atoms with van der Waals surface area (Å²) in [6.07, 6.45) is -0.705. The zero-order chi connectivity index (χ0) is 13.8. The molecule has 19 heavy (non-hydrogen) atoms. The molecular formula is C16H15FO2. The molecule has 0 fully saturated rings. The highest BCUT2D eigenvalue weighted by molar-refractivity contribution is 6.00. The summed E-state index contributed by atoms with van der Waals surface area (Å²) < 4.78 is 18.8. The first-order chi connectivity index (χ1) is 9.13. The molecule has 0 spiro atoms. The molecule has 2 rings (SSSR count). The number of ketones is 1. The van der Waals surface area contributed by atoms with Gasteiger partial charge in [0.2, 0.25) is 0 Å². The van der Waals surface area contributed by atoms with Crippen molar-refractivity contribution >= 4 is 5.78 Å². The fraction of sp³-hybridized carbons (Fsp3) is 0.188. The Labute approximate surface area is 111 Å². The van der Waals surface area contributed by atoms with E-state index in [1.807, 2.05) is 30.3 Å². The Bertz CT molecular complexity index is 579. The minimum atomic E-state index is -0.705. The van der Waals surface area contributed by atoms with E-state index >= 15 is 0 Å². The third kappa shape index (κ3) is 2.88. The molecule has 0 aliphatic carbocycles. The smallest absolute Gasteiger partial charge is 0.196 e. The summed E-state index contributed by atoms with van der Waals surface area (Å²) in [5.74, 6) is -0.624. The average molecular weight is 258 g/mol. The van der Waals surface area contributed by atoms with Gasteiger partial charge in [0, 0.05) is 12.7 Å². The third-order valence-corrected chi connectivity index (χ3v) is 3.03. The van der Waals surface area contributed by atoms with Crippen molar-refractivity contribution < 1.29 is 13.9 Å². The van der Waals surface area contributed by atoms with E-state index in [4.69, 9.17) is 4.74 Å². The third-order valence-electron chi connectivity index (χ3n) is 3.03. The number of halogens is 1. The minimum absolute atomic E-state index is 0.243. The van der Waals surface area contributed by atoms with Gasteiger partial charge in [-0.1, -0.05) is 42.5 Å². The van der Waals surface area contributed by atoms with E-state index in [-0.39, 0.29) is 11.6 Å². The Morgan fingerprint density at radius 3 is 2.42 bits per heavy atom. The number of Topliss-reactive ketones (excluding diaryl/α,β-unsaturated/α-hetero) is 1. The highest BCUT2D eigenvalue weighted by atomic mass is 19.1. The van der Waals surface area contributed by atoms with Crippen LogP contribution in [0.25, 0.3) is 0 Å². The van der Waals surface area contributed by atoms with E-state index in [2.05, 4.69) is 0 Å². The summed E-state index contributed by atoms with van der Waals surface area (Å²) in [4.78, 5) is 12.3. The summed E-state index contributed by atoms with van der Waals surface area (Å²) in [5, 5.41) is 0. The fourth-order valence-electron chi connectivity index (χ4n) is 1.92. The van der Waals surface area contributed by atoms with Gasteiger partial charge in [0.15, 0.2) is 5.78 Å². The Morgan fingerprint density at radius 1 is 1.16 bits per heavy atom. The van der Waals surface area contributed by atoms with Crippen LogP contribution in [0, 0.1) is 12.7 Å². The van der Waals surface area contributed by atoms with Crippen molar-refractivity contribution in [3.05, 3.63) is 71.0 Å². The van der Waals surface area contributed by atoms with Crippen LogP contribution in [0.4, 0.5) is 4.39 Å². The highest BCUT2D eigenvalue weighted by Crippen LogP contribution is 2.22. The predicted molar refractivity (Wildman–Crippen MR) is 71.7 cm³/mol. The summed E-state index contributed by atoms with van der Waals surface area (Å²) in [5.41, 5.74) is 1.60. The Morgan fingerprint density at radius 2 is 1.84 bits per heavy atom.